The zero-order valence-corrected chi connectivity index (χ0v) is 16.0. The summed E-state index contributed by atoms with van der Waals surface area (Å²) in [5.74, 6) is 0.602. The third kappa shape index (κ3) is 6.48. The molecule has 7 heteroatoms. The number of anilines is 2. The monoisotopic (exact) mass is 401 g/mol. The predicted octanol–water partition coefficient (Wildman–Crippen LogP) is 3.94. The van der Waals surface area contributed by atoms with Crippen LogP contribution in [0.3, 0.4) is 0 Å². The summed E-state index contributed by atoms with van der Waals surface area (Å²) in [5.41, 5.74) is 1.64. The fraction of sp³-hybridized carbons (Fsp3) is 0.0870. The summed E-state index contributed by atoms with van der Waals surface area (Å²) in [4.78, 5) is 23.8. The summed E-state index contributed by atoms with van der Waals surface area (Å²) in [7, 11) is 0. The van der Waals surface area contributed by atoms with E-state index >= 15 is 0 Å². The molecule has 150 valence electrons. The average Bonchev–Trinajstić information content (AvgIpc) is 2.76. The number of rotatable bonds is 8. The molecular formula is C23H19N3O4. The van der Waals surface area contributed by atoms with E-state index < -0.39 is 5.91 Å². The van der Waals surface area contributed by atoms with Crippen LogP contribution in [0.1, 0.15) is 5.56 Å². The van der Waals surface area contributed by atoms with Crippen LogP contribution in [-0.2, 0) is 14.3 Å². The van der Waals surface area contributed by atoms with Crippen LogP contribution in [0.4, 0.5) is 11.4 Å². The van der Waals surface area contributed by atoms with E-state index in [9.17, 15) is 9.59 Å². The maximum atomic E-state index is 12.0. The molecular weight excluding hydrogens is 382 g/mol. The van der Waals surface area contributed by atoms with Gasteiger partial charge in [-0.2, -0.15) is 5.26 Å². The van der Waals surface area contributed by atoms with E-state index in [-0.39, 0.29) is 19.1 Å². The van der Waals surface area contributed by atoms with Crippen molar-refractivity contribution in [3.63, 3.8) is 0 Å². The number of para-hydroxylation sites is 1. The summed E-state index contributed by atoms with van der Waals surface area (Å²) in [6, 6.07) is 24.7. The fourth-order valence-corrected chi connectivity index (χ4v) is 2.49. The topological polar surface area (TPSA) is 100 Å². The number of benzene rings is 3. The van der Waals surface area contributed by atoms with E-state index in [0.29, 0.717) is 22.7 Å². The number of nitrogens with zero attached hydrogens (tertiary/aromatic N) is 1. The molecule has 2 N–H and O–H groups in total. The Morgan fingerprint density at radius 2 is 1.23 bits per heavy atom. The lowest BCUT2D eigenvalue weighted by molar-refractivity contribution is -0.125. The van der Waals surface area contributed by atoms with E-state index in [1.807, 2.05) is 36.4 Å². The van der Waals surface area contributed by atoms with Crippen molar-refractivity contribution in [3.05, 3.63) is 84.4 Å². The van der Waals surface area contributed by atoms with Crippen molar-refractivity contribution in [1.82, 2.24) is 0 Å². The van der Waals surface area contributed by atoms with Crippen LogP contribution >= 0.6 is 0 Å². The van der Waals surface area contributed by atoms with Gasteiger partial charge in [-0.05, 0) is 60.7 Å². The third-order valence-electron chi connectivity index (χ3n) is 3.88. The second kappa shape index (κ2) is 10.4. The SMILES string of the molecule is N#Cc1ccc(NC(=O)COCC(=O)Nc2ccc(Oc3ccccc3)cc2)cc1. The molecule has 0 aliphatic carbocycles. The quantitative estimate of drug-likeness (QED) is 0.595. The Kier molecular flexibility index (Phi) is 7.14. The second-order valence-electron chi connectivity index (χ2n) is 6.22. The Morgan fingerprint density at radius 3 is 1.77 bits per heavy atom. The van der Waals surface area contributed by atoms with E-state index in [1.165, 1.54) is 0 Å². The minimum absolute atomic E-state index is 0.261. The van der Waals surface area contributed by atoms with Crippen molar-refractivity contribution < 1.29 is 19.1 Å². The highest BCUT2D eigenvalue weighted by molar-refractivity contribution is 5.93. The van der Waals surface area contributed by atoms with E-state index in [2.05, 4.69) is 10.6 Å². The molecule has 3 aromatic carbocycles. The highest BCUT2D eigenvalue weighted by Crippen LogP contribution is 2.22. The summed E-state index contributed by atoms with van der Waals surface area (Å²) >= 11 is 0. The van der Waals surface area contributed by atoms with Crippen molar-refractivity contribution >= 4 is 23.2 Å². The van der Waals surface area contributed by atoms with Gasteiger partial charge in [0, 0.05) is 11.4 Å². The molecule has 0 atom stereocenters. The number of carbonyl (C=O) groups excluding carboxylic acids is 2. The van der Waals surface area contributed by atoms with Gasteiger partial charge in [0.1, 0.15) is 24.7 Å². The summed E-state index contributed by atoms with van der Waals surface area (Å²) < 4.78 is 10.8. The third-order valence-corrected chi connectivity index (χ3v) is 3.88. The minimum Gasteiger partial charge on any atom is -0.457 e. The van der Waals surface area contributed by atoms with Crippen LogP contribution < -0.4 is 15.4 Å². The lowest BCUT2D eigenvalue weighted by atomic mass is 10.2. The van der Waals surface area contributed by atoms with Crippen LogP contribution in [0.15, 0.2) is 78.9 Å². The molecule has 2 amide bonds. The van der Waals surface area contributed by atoms with Gasteiger partial charge in [-0.15, -0.1) is 0 Å². The Bertz CT molecular complexity index is 1030. The van der Waals surface area contributed by atoms with Gasteiger partial charge in [0.2, 0.25) is 11.8 Å². The molecule has 3 rings (SSSR count). The molecule has 0 bridgehead atoms. The van der Waals surface area contributed by atoms with Crippen molar-refractivity contribution in [2.24, 2.45) is 0 Å². The average molecular weight is 401 g/mol. The van der Waals surface area contributed by atoms with Gasteiger partial charge in [0.05, 0.1) is 11.6 Å². The molecule has 0 aliphatic heterocycles. The largest absolute Gasteiger partial charge is 0.457 e. The van der Waals surface area contributed by atoms with Crippen LogP contribution in [0, 0.1) is 11.3 Å². The Hall–Kier alpha value is -4.15. The number of amides is 2. The van der Waals surface area contributed by atoms with E-state index in [4.69, 9.17) is 14.7 Å². The minimum atomic E-state index is -0.394. The first-order chi connectivity index (χ1) is 14.6. The van der Waals surface area contributed by atoms with Crippen LogP contribution in [0.5, 0.6) is 11.5 Å². The molecule has 0 aromatic heterocycles. The first-order valence-corrected chi connectivity index (χ1v) is 9.13. The van der Waals surface area contributed by atoms with Crippen LogP contribution in [-0.4, -0.2) is 25.0 Å². The number of hydrogen-bond acceptors (Lipinski definition) is 5. The normalized spacial score (nSPS) is 9.97. The number of hydrogen-bond donors (Lipinski definition) is 2. The molecule has 0 aliphatic rings. The maximum Gasteiger partial charge on any atom is 0.250 e. The first-order valence-electron chi connectivity index (χ1n) is 9.13. The molecule has 0 saturated carbocycles. The van der Waals surface area contributed by atoms with Crippen molar-refractivity contribution in [2.75, 3.05) is 23.8 Å². The lowest BCUT2D eigenvalue weighted by Gasteiger charge is -2.09. The molecule has 30 heavy (non-hydrogen) atoms. The molecule has 7 nitrogen and oxygen atoms in total. The predicted molar refractivity (Wildman–Crippen MR) is 112 cm³/mol. The molecule has 0 heterocycles. The standard InChI is InChI=1S/C23H19N3O4/c24-14-17-6-8-18(9-7-17)25-22(27)15-29-16-23(28)26-19-10-12-21(13-11-19)30-20-4-2-1-3-5-20/h1-13H,15-16H2,(H,25,27)(H,26,28). The highest BCUT2D eigenvalue weighted by Gasteiger charge is 2.07. The van der Waals surface area contributed by atoms with Gasteiger partial charge in [-0.3, -0.25) is 9.59 Å². The van der Waals surface area contributed by atoms with Crippen LogP contribution in [0.25, 0.3) is 0 Å². The molecule has 0 fully saturated rings. The number of nitriles is 1. The van der Waals surface area contributed by atoms with Crippen molar-refractivity contribution in [1.29, 1.82) is 5.26 Å². The molecule has 0 unspecified atom stereocenters. The van der Waals surface area contributed by atoms with Crippen molar-refractivity contribution in [2.45, 2.75) is 0 Å². The molecule has 3 aromatic rings. The zero-order chi connectivity index (χ0) is 21.2. The van der Waals surface area contributed by atoms with Gasteiger partial charge in [-0.1, -0.05) is 18.2 Å². The van der Waals surface area contributed by atoms with E-state index in [1.54, 1.807) is 48.5 Å². The number of ether oxygens (including phenoxy) is 2. The Morgan fingerprint density at radius 1 is 0.733 bits per heavy atom. The van der Waals surface area contributed by atoms with Gasteiger partial charge in [0.25, 0.3) is 0 Å². The molecule has 0 saturated heterocycles. The lowest BCUT2D eigenvalue weighted by Crippen LogP contribution is -2.23. The van der Waals surface area contributed by atoms with Gasteiger partial charge in [0.15, 0.2) is 0 Å². The van der Waals surface area contributed by atoms with Crippen molar-refractivity contribution in [3.8, 4) is 17.6 Å². The zero-order valence-electron chi connectivity index (χ0n) is 16.0. The summed E-state index contributed by atoms with van der Waals surface area (Å²) in [6.45, 7) is -0.527. The maximum absolute atomic E-state index is 12.0. The Balaban J connectivity index is 1.38. The molecule has 0 radical (unpaired) electrons. The van der Waals surface area contributed by atoms with Gasteiger partial charge < -0.3 is 20.1 Å². The van der Waals surface area contributed by atoms with Gasteiger partial charge >= 0.3 is 0 Å². The second-order valence-corrected chi connectivity index (χ2v) is 6.22. The highest BCUT2D eigenvalue weighted by atomic mass is 16.5. The smallest absolute Gasteiger partial charge is 0.250 e. The number of carbonyl (C=O) groups is 2. The summed E-state index contributed by atoms with van der Waals surface area (Å²) in [6.07, 6.45) is 0. The van der Waals surface area contributed by atoms with Gasteiger partial charge in [-0.25, -0.2) is 0 Å². The van der Waals surface area contributed by atoms with Crippen LogP contribution in [0.2, 0.25) is 0 Å². The molecule has 0 spiro atoms. The number of nitrogens with one attached hydrogen (secondary N) is 2. The van der Waals surface area contributed by atoms with E-state index in [0.717, 1.165) is 5.75 Å². The Labute approximate surface area is 173 Å². The first kappa shape index (κ1) is 20.6. The fourth-order valence-electron chi connectivity index (χ4n) is 2.49. The summed E-state index contributed by atoms with van der Waals surface area (Å²) in [5, 5.41) is 14.1.